The maximum Gasteiger partial charge on any atom is 0.264 e. The molecule has 1 aliphatic rings. The van der Waals surface area contributed by atoms with Crippen LogP contribution in [0.1, 0.15) is 13.3 Å². The lowest BCUT2D eigenvalue weighted by Crippen LogP contribution is -2.40. The molecule has 0 saturated carbocycles. The SMILES string of the molecule is CNC1=CC=CC(C)(S(=O)(=O)n2ncc3ccsc32)C1. The van der Waals surface area contributed by atoms with Crippen LogP contribution in [0.25, 0.3) is 10.2 Å². The largest absolute Gasteiger partial charge is 0.391 e. The van der Waals surface area contributed by atoms with Gasteiger partial charge in [-0.15, -0.1) is 15.4 Å². The third-order valence-electron chi connectivity index (χ3n) is 3.58. The number of hydrogen-bond acceptors (Lipinski definition) is 5. The Morgan fingerprint density at radius 3 is 3.05 bits per heavy atom. The molecule has 2 aromatic heterocycles. The molecule has 20 heavy (non-hydrogen) atoms. The molecule has 106 valence electrons. The van der Waals surface area contributed by atoms with E-state index >= 15 is 0 Å². The third kappa shape index (κ3) is 1.81. The van der Waals surface area contributed by atoms with E-state index in [0.717, 1.165) is 15.2 Å². The van der Waals surface area contributed by atoms with E-state index in [1.807, 2.05) is 17.5 Å². The molecule has 0 amide bonds. The standard InChI is InChI=1S/C13H15N3O2S2/c1-13(6-3-4-11(8-13)14-2)20(17,18)16-12-10(9-15-16)5-7-19-12/h3-7,9,14H,8H2,1-2H3. The van der Waals surface area contributed by atoms with Gasteiger partial charge in [-0.2, -0.15) is 5.10 Å². The van der Waals surface area contributed by atoms with Gasteiger partial charge in [0.05, 0.1) is 6.20 Å². The minimum absolute atomic E-state index is 0.412. The van der Waals surface area contributed by atoms with Crippen molar-refractivity contribution in [2.75, 3.05) is 7.05 Å². The summed E-state index contributed by atoms with van der Waals surface area (Å²) in [5, 5.41) is 9.82. The monoisotopic (exact) mass is 309 g/mol. The van der Waals surface area contributed by atoms with Crippen LogP contribution >= 0.6 is 11.3 Å². The van der Waals surface area contributed by atoms with Gasteiger partial charge in [-0.3, -0.25) is 0 Å². The lowest BCUT2D eigenvalue weighted by atomic mass is 9.99. The second kappa shape index (κ2) is 4.46. The molecule has 1 atom stereocenters. The number of thiophene rings is 1. The van der Waals surface area contributed by atoms with Crippen LogP contribution in [0.2, 0.25) is 0 Å². The molecule has 7 heteroatoms. The predicted molar refractivity (Wildman–Crippen MR) is 81.2 cm³/mol. The number of allylic oxidation sites excluding steroid dienone is 3. The van der Waals surface area contributed by atoms with Gasteiger partial charge in [-0.1, -0.05) is 12.2 Å². The highest BCUT2D eigenvalue weighted by atomic mass is 32.2. The zero-order valence-corrected chi connectivity index (χ0v) is 12.8. The average Bonchev–Trinajstić information content (AvgIpc) is 3.00. The van der Waals surface area contributed by atoms with Crippen molar-refractivity contribution < 1.29 is 8.42 Å². The fourth-order valence-corrected chi connectivity index (χ4v) is 4.95. The maximum atomic E-state index is 12.9. The molecule has 3 rings (SSSR count). The van der Waals surface area contributed by atoms with E-state index in [4.69, 9.17) is 0 Å². The molecule has 0 bridgehead atoms. The van der Waals surface area contributed by atoms with Gasteiger partial charge in [0, 0.05) is 24.6 Å². The van der Waals surface area contributed by atoms with Crippen LogP contribution < -0.4 is 5.32 Å². The summed E-state index contributed by atoms with van der Waals surface area (Å²) in [6.45, 7) is 1.73. The fraction of sp³-hybridized carbons (Fsp3) is 0.308. The Bertz CT molecular complexity index is 814. The predicted octanol–water partition coefficient (Wildman–Crippen LogP) is 2.10. The van der Waals surface area contributed by atoms with Crippen LogP contribution in [0.3, 0.4) is 0 Å². The molecule has 0 radical (unpaired) electrons. The first-order chi connectivity index (χ1) is 9.48. The van der Waals surface area contributed by atoms with Crippen molar-refractivity contribution in [3.8, 4) is 0 Å². The van der Waals surface area contributed by atoms with Gasteiger partial charge in [0.1, 0.15) is 9.58 Å². The van der Waals surface area contributed by atoms with Crippen LogP contribution in [-0.2, 0) is 10.0 Å². The normalized spacial score (nSPS) is 23.0. The second-order valence-electron chi connectivity index (χ2n) is 4.96. The minimum Gasteiger partial charge on any atom is -0.391 e. The maximum absolute atomic E-state index is 12.9. The van der Waals surface area contributed by atoms with Crippen LogP contribution in [0.5, 0.6) is 0 Å². The minimum atomic E-state index is -3.61. The lowest BCUT2D eigenvalue weighted by molar-refractivity contribution is 0.541. The Labute approximate surface area is 121 Å². The summed E-state index contributed by atoms with van der Waals surface area (Å²) in [7, 11) is -1.81. The summed E-state index contributed by atoms with van der Waals surface area (Å²) < 4.78 is 26.1. The zero-order valence-electron chi connectivity index (χ0n) is 11.2. The smallest absolute Gasteiger partial charge is 0.264 e. The van der Waals surface area contributed by atoms with Crippen LogP contribution in [0.15, 0.2) is 41.6 Å². The van der Waals surface area contributed by atoms with E-state index in [1.54, 1.807) is 32.3 Å². The Morgan fingerprint density at radius 2 is 2.30 bits per heavy atom. The molecule has 5 nitrogen and oxygen atoms in total. The molecule has 0 aromatic carbocycles. The fourth-order valence-electron chi connectivity index (χ4n) is 2.31. The van der Waals surface area contributed by atoms with E-state index in [0.29, 0.717) is 11.3 Å². The first-order valence-electron chi connectivity index (χ1n) is 6.20. The highest BCUT2D eigenvalue weighted by molar-refractivity contribution is 7.91. The summed E-state index contributed by atoms with van der Waals surface area (Å²) in [6.07, 6.45) is 7.40. The first kappa shape index (κ1) is 13.4. The summed E-state index contributed by atoms with van der Waals surface area (Å²) in [6, 6.07) is 1.87. The molecular weight excluding hydrogens is 294 g/mol. The van der Waals surface area contributed by atoms with Crippen molar-refractivity contribution in [3.63, 3.8) is 0 Å². The number of fused-ring (bicyclic) bond motifs is 1. The highest BCUT2D eigenvalue weighted by Crippen LogP contribution is 2.33. The van der Waals surface area contributed by atoms with Crippen LogP contribution in [0.4, 0.5) is 0 Å². The van der Waals surface area contributed by atoms with E-state index in [2.05, 4.69) is 10.4 Å². The quantitative estimate of drug-likeness (QED) is 0.943. The topological polar surface area (TPSA) is 64.0 Å². The van der Waals surface area contributed by atoms with Crippen molar-refractivity contribution in [2.24, 2.45) is 0 Å². The van der Waals surface area contributed by atoms with E-state index < -0.39 is 14.8 Å². The van der Waals surface area contributed by atoms with Crippen molar-refractivity contribution in [3.05, 3.63) is 41.6 Å². The van der Waals surface area contributed by atoms with Crippen LogP contribution in [0, 0.1) is 0 Å². The highest BCUT2D eigenvalue weighted by Gasteiger charge is 2.41. The zero-order chi connectivity index (χ0) is 14.4. The number of aromatic nitrogens is 2. The first-order valence-corrected chi connectivity index (χ1v) is 8.52. The van der Waals surface area contributed by atoms with Crippen molar-refractivity contribution in [2.45, 2.75) is 18.1 Å². The lowest BCUT2D eigenvalue weighted by Gasteiger charge is -2.29. The number of rotatable bonds is 3. The van der Waals surface area contributed by atoms with Gasteiger partial charge in [0.25, 0.3) is 10.0 Å². The summed E-state index contributed by atoms with van der Waals surface area (Å²) in [5.74, 6) is 0. The number of hydrogen-bond donors (Lipinski definition) is 1. The molecule has 0 aliphatic heterocycles. The van der Waals surface area contributed by atoms with Gasteiger partial charge >= 0.3 is 0 Å². The Hall–Kier alpha value is -1.60. The van der Waals surface area contributed by atoms with Gasteiger partial charge < -0.3 is 5.32 Å². The van der Waals surface area contributed by atoms with Gasteiger partial charge in [-0.25, -0.2) is 8.42 Å². The molecule has 2 heterocycles. The number of nitrogens with one attached hydrogen (secondary N) is 1. The summed E-state index contributed by atoms with van der Waals surface area (Å²) >= 11 is 1.38. The molecular formula is C13H15N3O2S2. The Balaban J connectivity index is 2.11. The molecule has 0 saturated heterocycles. The average molecular weight is 309 g/mol. The molecule has 0 fully saturated rings. The molecule has 1 aliphatic carbocycles. The summed E-state index contributed by atoms with van der Waals surface area (Å²) in [4.78, 5) is 0.667. The molecule has 0 spiro atoms. The van der Waals surface area contributed by atoms with E-state index in [1.165, 1.54) is 11.3 Å². The van der Waals surface area contributed by atoms with Crippen molar-refractivity contribution in [1.82, 2.24) is 14.5 Å². The van der Waals surface area contributed by atoms with Crippen LogP contribution in [-0.4, -0.2) is 29.4 Å². The van der Waals surface area contributed by atoms with E-state index in [9.17, 15) is 8.42 Å². The van der Waals surface area contributed by atoms with Crippen molar-refractivity contribution in [1.29, 1.82) is 0 Å². The van der Waals surface area contributed by atoms with Gasteiger partial charge in [-0.05, 0) is 24.4 Å². The molecule has 1 unspecified atom stereocenters. The third-order valence-corrected chi connectivity index (χ3v) is 6.79. The Kier molecular flexibility index (Phi) is 2.98. The van der Waals surface area contributed by atoms with Gasteiger partial charge in [0.2, 0.25) is 0 Å². The second-order valence-corrected chi connectivity index (χ2v) is 8.09. The van der Waals surface area contributed by atoms with Crippen molar-refractivity contribution >= 4 is 31.6 Å². The van der Waals surface area contributed by atoms with Gasteiger partial charge in [0.15, 0.2) is 0 Å². The molecule has 1 N–H and O–H groups in total. The molecule has 2 aromatic rings. The number of nitrogens with zero attached hydrogens (tertiary/aromatic N) is 2. The van der Waals surface area contributed by atoms with E-state index in [-0.39, 0.29) is 0 Å². The summed E-state index contributed by atoms with van der Waals surface area (Å²) in [5.41, 5.74) is 0.896. The Morgan fingerprint density at radius 1 is 1.50 bits per heavy atom.